The van der Waals surface area contributed by atoms with Gasteiger partial charge in [0.25, 0.3) is 0 Å². The van der Waals surface area contributed by atoms with Crippen LogP contribution in [0.3, 0.4) is 0 Å². The van der Waals surface area contributed by atoms with E-state index in [0.29, 0.717) is 11.6 Å². The Balaban J connectivity index is 1.55. The average Bonchev–Trinajstić information content (AvgIpc) is 2.64. The summed E-state index contributed by atoms with van der Waals surface area (Å²) in [5.74, 6) is -0.00456. The molecule has 2 aromatic rings. The molecule has 1 aliphatic rings. The molecule has 0 spiro atoms. The maximum Gasteiger partial charge on any atom is 0.179 e. The smallest absolute Gasteiger partial charge is 0.179 e. The first-order valence-corrected chi connectivity index (χ1v) is 9.00. The number of Topliss-reactive ketones (excluding diaryl/α,β-unsaturated/α-hetero) is 1. The fourth-order valence-electron chi connectivity index (χ4n) is 3.22. The van der Waals surface area contributed by atoms with Gasteiger partial charge in [-0.15, -0.1) is 11.6 Å². The van der Waals surface area contributed by atoms with Crippen molar-refractivity contribution < 1.29 is 4.79 Å². The number of nitrogens with one attached hydrogen (secondary N) is 1. The second-order valence-corrected chi connectivity index (χ2v) is 6.55. The normalized spacial score (nSPS) is 16.0. The van der Waals surface area contributed by atoms with Gasteiger partial charge >= 0.3 is 0 Å². The van der Waals surface area contributed by atoms with Crippen molar-refractivity contribution in [3.05, 3.63) is 65.7 Å². The lowest BCUT2D eigenvalue weighted by Gasteiger charge is -2.33. The van der Waals surface area contributed by atoms with Gasteiger partial charge in [-0.3, -0.25) is 9.69 Å². The number of alkyl halides is 1. The Kier molecular flexibility index (Phi) is 5.89. The van der Waals surface area contributed by atoms with Crippen LogP contribution >= 0.6 is 11.6 Å². The van der Waals surface area contributed by atoms with Gasteiger partial charge in [0.2, 0.25) is 0 Å². The third-order valence-corrected chi connectivity index (χ3v) is 4.79. The summed E-state index contributed by atoms with van der Waals surface area (Å²) in [7, 11) is 0. The van der Waals surface area contributed by atoms with Gasteiger partial charge in [-0.1, -0.05) is 42.5 Å². The van der Waals surface area contributed by atoms with Crippen LogP contribution in [0.1, 0.15) is 28.8 Å². The van der Waals surface area contributed by atoms with Gasteiger partial charge in [0.1, 0.15) is 0 Å². The summed E-state index contributed by atoms with van der Waals surface area (Å²) in [5, 5.41) is 3.54. The lowest BCUT2D eigenvalue weighted by atomic mass is 10.0. The van der Waals surface area contributed by atoms with E-state index in [4.69, 9.17) is 11.6 Å². The maximum atomic E-state index is 12.0. The van der Waals surface area contributed by atoms with E-state index in [2.05, 4.69) is 40.5 Å². The first kappa shape index (κ1) is 17.0. The Labute approximate surface area is 148 Å². The number of benzene rings is 2. The number of nitrogens with zero attached hydrogens (tertiary/aromatic N) is 1. The van der Waals surface area contributed by atoms with E-state index in [1.54, 1.807) is 0 Å². The average molecular weight is 343 g/mol. The molecule has 0 aliphatic carbocycles. The Morgan fingerprint density at radius 1 is 1.04 bits per heavy atom. The van der Waals surface area contributed by atoms with Crippen LogP contribution in [0.2, 0.25) is 0 Å². The summed E-state index contributed by atoms with van der Waals surface area (Å²) in [6, 6.07) is 18.7. The first-order chi connectivity index (χ1) is 11.8. The largest absolute Gasteiger partial charge is 0.382 e. The van der Waals surface area contributed by atoms with E-state index in [9.17, 15) is 4.79 Å². The van der Waals surface area contributed by atoms with E-state index in [-0.39, 0.29) is 11.7 Å². The Hall–Kier alpha value is -1.84. The van der Waals surface area contributed by atoms with Crippen molar-refractivity contribution in [3.8, 4) is 0 Å². The molecule has 126 valence electrons. The predicted molar refractivity (Wildman–Crippen MR) is 99.9 cm³/mol. The van der Waals surface area contributed by atoms with Crippen molar-refractivity contribution in [2.24, 2.45) is 0 Å². The quantitative estimate of drug-likeness (QED) is 0.631. The number of hydrogen-bond donors (Lipinski definition) is 1. The molecule has 24 heavy (non-hydrogen) atoms. The van der Waals surface area contributed by atoms with Crippen LogP contribution in [-0.4, -0.2) is 35.7 Å². The van der Waals surface area contributed by atoms with Gasteiger partial charge in [-0.2, -0.15) is 0 Å². The lowest BCUT2D eigenvalue weighted by Crippen LogP contribution is -2.38. The number of piperidine rings is 1. The Morgan fingerprint density at radius 2 is 1.71 bits per heavy atom. The molecule has 1 aliphatic heterocycles. The van der Waals surface area contributed by atoms with Crippen LogP contribution < -0.4 is 5.32 Å². The van der Waals surface area contributed by atoms with E-state index in [1.807, 2.05) is 24.3 Å². The summed E-state index contributed by atoms with van der Waals surface area (Å²) in [5.41, 5.74) is 2.96. The highest BCUT2D eigenvalue weighted by Gasteiger charge is 2.20. The van der Waals surface area contributed by atoms with Gasteiger partial charge in [-0.05, 0) is 30.5 Å². The van der Waals surface area contributed by atoms with Gasteiger partial charge in [0.15, 0.2) is 5.78 Å². The zero-order valence-electron chi connectivity index (χ0n) is 13.7. The number of carbonyl (C=O) groups is 1. The number of likely N-dealkylation sites (tertiary alicyclic amines) is 1. The van der Waals surface area contributed by atoms with Crippen LogP contribution in [0.25, 0.3) is 0 Å². The number of hydrogen-bond acceptors (Lipinski definition) is 3. The summed E-state index contributed by atoms with van der Waals surface area (Å²) in [6.45, 7) is 3.14. The minimum atomic E-state index is -0.0266. The molecule has 0 aromatic heterocycles. The summed E-state index contributed by atoms with van der Waals surface area (Å²) < 4.78 is 0. The number of ketones is 1. The zero-order chi connectivity index (χ0) is 16.8. The molecule has 0 atom stereocenters. The van der Waals surface area contributed by atoms with Gasteiger partial charge in [-0.25, -0.2) is 0 Å². The van der Waals surface area contributed by atoms with Crippen molar-refractivity contribution in [2.75, 3.05) is 24.3 Å². The van der Waals surface area contributed by atoms with E-state index < -0.39 is 0 Å². The second-order valence-electron chi connectivity index (χ2n) is 6.28. The standard InChI is InChI=1S/C20H23ClN2O/c21-14-20(24)18-8-4-5-9-19(18)22-17-10-12-23(13-11-17)15-16-6-2-1-3-7-16/h1-9,17,22H,10-15H2. The Bertz CT molecular complexity index is 666. The fraction of sp³-hybridized carbons (Fsp3) is 0.350. The number of anilines is 1. The molecule has 3 nitrogen and oxygen atoms in total. The fourth-order valence-corrected chi connectivity index (χ4v) is 3.37. The maximum absolute atomic E-state index is 12.0. The van der Waals surface area contributed by atoms with Gasteiger partial charge in [0, 0.05) is 36.9 Å². The van der Waals surface area contributed by atoms with Crippen molar-refractivity contribution in [2.45, 2.75) is 25.4 Å². The van der Waals surface area contributed by atoms with Crippen LogP contribution in [0.4, 0.5) is 5.69 Å². The SMILES string of the molecule is O=C(CCl)c1ccccc1NC1CCN(Cc2ccccc2)CC1. The second kappa shape index (κ2) is 8.32. The highest BCUT2D eigenvalue weighted by atomic mass is 35.5. The van der Waals surface area contributed by atoms with Gasteiger partial charge < -0.3 is 5.32 Å². The number of halogens is 1. The van der Waals surface area contributed by atoms with E-state index in [1.165, 1.54) is 5.56 Å². The van der Waals surface area contributed by atoms with Crippen molar-refractivity contribution in [3.63, 3.8) is 0 Å². The number of carbonyl (C=O) groups excluding carboxylic acids is 1. The lowest BCUT2D eigenvalue weighted by molar-refractivity contribution is 0.102. The molecule has 0 amide bonds. The zero-order valence-corrected chi connectivity index (χ0v) is 14.5. The predicted octanol–water partition coefficient (Wildman–Crippen LogP) is 4.18. The molecule has 4 heteroatoms. The molecule has 1 saturated heterocycles. The molecular weight excluding hydrogens is 320 g/mol. The van der Waals surface area contributed by atoms with Crippen molar-refractivity contribution in [1.82, 2.24) is 4.90 Å². The van der Waals surface area contributed by atoms with Crippen LogP contribution in [0.5, 0.6) is 0 Å². The number of para-hydroxylation sites is 1. The summed E-state index contributed by atoms with van der Waals surface area (Å²) in [6.07, 6.45) is 2.16. The molecule has 3 rings (SSSR count). The van der Waals surface area contributed by atoms with Crippen molar-refractivity contribution in [1.29, 1.82) is 0 Å². The minimum Gasteiger partial charge on any atom is -0.382 e. The monoisotopic (exact) mass is 342 g/mol. The highest BCUT2D eigenvalue weighted by molar-refractivity contribution is 6.31. The highest BCUT2D eigenvalue weighted by Crippen LogP contribution is 2.22. The topological polar surface area (TPSA) is 32.3 Å². The summed E-state index contributed by atoms with van der Waals surface area (Å²) >= 11 is 5.71. The van der Waals surface area contributed by atoms with Gasteiger partial charge in [0.05, 0.1) is 5.88 Å². The minimum absolute atomic E-state index is 0.0220. The number of rotatable bonds is 6. The molecule has 1 heterocycles. The molecule has 0 unspecified atom stereocenters. The molecule has 0 bridgehead atoms. The molecule has 1 N–H and O–H groups in total. The third-order valence-electron chi connectivity index (χ3n) is 4.55. The van der Waals surface area contributed by atoms with Crippen LogP contribution in [-0.2, 0) is 6.54 Å². The molecule has 1 fully saturated rings. The first-order valence-electron chi connectivity index (χ1n) is 8.47. The summed E-state index contributed by atoms with van der Waals surface area (Å²) in [4.78, 5) is 14.4. The van der Waals surface area contributed by atoms with Crippen LogP contribution in [0.15, 0.2) is 54.6 Å². The Morgan fingerprint density at radius 3 is 2.42 bits per heavy atom. The molecular formula is C20H23ClN2O. The van der Waals surface area contributed by atoms with Crippen LogP contribution in [0, 0.1) is 0 Å². The molecule has 0 saturated carbocycles. The van der Waals surface area contributed by atoms with Crippen molar-refractivity contribution >= 4 is 23.1 Å². The molecule has 0 radical (unpaired) electrons. The molecule has 2 aromatic carbocycles. The van der Waals surface area contributed by atoms with E-state index >= 15 is 0 Å². The van der Waals surface area contributed by atoms with E-state index in [0.717, 1.165) is 38.2 Å². The third kappa shape index (κ3) is 4.37.